The van der Waals surface area contributed by atoms with Crippen molar-refractivity contribution in [3.8, 4) is 11.1 Å². The van der Waals surface area contributed by atoms with Gasteiger partial charge >= 0.3 is 5.63 Å². The van der Waals surface area contributed by atoms with E-state index in [1.54, 1.807) is 19.1 Å². The third-order valence-corrected chi connectivity index (χ3v) is 3.42. The molecule has 3 aromatic rings. The van der Waals surface area contributed by atoms with Crippen molar-refractivity contribution < 1.29 is 8.81 Å². The highest BCUT2D eigenvalue weighted by Gasteiger charge is 2.13. The minimum Gasteiger partial charge on any atom is -0.422 e. The summed E-state index contributed by atoms with van der Waals surface area (Å²) in [5.41, 5.74) is 3.37. The Labute approximate surface area is 115 Å². The van der Waals surface area contributed by atoms with E-state index in [1.807, 2.05) is 25.1 Å². The lowest BCUT2D eigenvalue weighted by atomic mass is 9.97. The Morgan fingerprint density at radius 2 is 1.70 bits per heavy atom. The number of aryl methyl sites for hydroxylation is 1. The van der Waals surface area contributed by atoms with Crippen molar-refractivity contribution in [1.82, 2.24) is 0 Å². The van der Waals surface area contributed by atoms with Gasteiger partial charge in [-0.1, -0.05) is 24.3 Å². The van der Waals surface area contributed by atoms with Gasteiger partial charge in [0.15, 0.2) is 0 Å². The van der Waals surface area contributed by atoms with Crippen molar-refractivity contribution in [3.63, 3.8) is 0 Å². The average Bonchev–Trinajstić information content (AvgIpc) is 2.42. The molecule has 0 aliphatic rings. The lowest BCUT2D eigenvalue weighted by Crippen LogP contribution is -2.05. The molecule has 2 nitrogen and oxygen atoms in total. The highest BCUT2D eigenvalue weighted by atomic mass is 19.1. The third kappa shape index (κ3) is 2.01. The normalized spacial score (nSPS) is 10.9. The van der Waals surface area contributed by atoms with Gasteiger partial charge < -0.3 is 4.42 Å². The maximum Gasteiger partial charge on any atom is 0.339 e. The van der Waals surface area contributed by atoms with Crippen molar-refractivity contribution in [2.45, 2.75) is 13.8 Å². The molecule has 100 valence electrons. The Bertz CT molecular complexity index is 845. The van der Waals surface area contributed by atoms with Crippen molar-refractivity contribution in [2.24, 2.45) is 0 Å². The summed E-state index contributed by atoms with van der Waals surface area (Å²) in [5.74, 6) is -0.297. The van der Waals surface area contributed by atoms with E-state index in [2.05, 4.69) is 0 Å². The predicted molar refractivity (Wildman–Crippen MR) is 77.4 cm³/mol. The van der Waals surface area contributed by atoms with Gasteiger partial charge in [0.1, 0.15) is 11.4 Å². The van der Waals surface area contributed by atoms with Gasteiger partial charge in [0.2, 0.25) is 0 Å². The third-order valence-electron chi connectivity index (χ3n) is 3.42. The van der Waals surface area contributed by atoms with Crippen LogP contribution in [0, 0.1) is 19.7 Å². The first kappa shape index (κ1) is 12.6. The summed E-state index contributed by atoms with van der Waals surface area (Å²) in [4.78, 5) is 12.0. The Morgan fingerprint density at radius 3 is 2.40 bits per heavy atom. The van der Waals surface area contributed by atoms with Crippen LogP contribution in [0.25, 0.3) is 22.1 Å². The Morgan fingerprint density at radius 1 is 1.00 bits per heavy atom. The molecule has 0 saturated heterocycles. The van der Waals surface area contributed by atoms with Crippen LogP contribution in [0.15, 0.2) is 51.7 Å². The van der Waals surface area contributed by atoms with Gasteiger partial charge in [0.05, 0.1) is 0 Å². The van der Waals surface area contributed by atoms with Gasteiger partial charge in [-0.15, -0.1) is 0 Å². The summed E-state index contributed by atoms with van der Waals surface area (Å²) in [6, 6.07) is 11.9. The molecule has 0 spiro atoms. The minimum atomic E-state index is -0.359. The molecule has 0 N–H and O–H groups in total. The Hall–Kier alpha value is -2.42. The van der Waals surface area contributed by atoms with Gasteiger partial charge in [-0.3, -0.25) is 0 Å². The molecule has 1 aromatic heterocycles. The SMILES string of the molecule is Cc1ccc2c(-c3ccc(F)cc3)c(C)c(=O)oc2c1. The average molecular weight is 268 g/mol. The predicted octanol–water partition coefficient (Wildman–Crippen LogP) is 4.22. The van der Waals surface area contributed by atoms with Crippen LogP contribution in [-0.4, -0.2) is 0 Å². The summed E-state index contributed by atoms with van der Waals surface area (Å²) < 4.78 is 18.4. The van der Waals surface area contributed by atoms with Crippen LogP contribution >= 0.6 is 0 Å². The van der Waals surface area contributed by atoms with Crippen molar-refractivity contribution >= 4 is 11.0 Å². The number of halogens is 1. The first-order chi connectivity index (χ1) is 9.56. The monoisotopic (exact) mass is 268 g/mol. The quantitative estimate of drug-likeness (QED) is 0.619. The van der Waals surface area contributed by atoms with E-state index in [-0.39, 0.29) is 11.4 Å². The molecule has 3 heteroatoms. The number of hydrogen-bond donors (Lipinski definition) is 0. The van der Waals surface area contributed by atoms with Crippen molar-refractivity contribution in [1.29, 1.82) is 0 Å². The topological polar surface area (TPSA) is 30.2 Å². The van der Waals surface area contributed by atoms with Crippen LogP contribution in [0.1, 0.15) is 11.1 Å². The smallest absolute Gasteiger partial charge is 0.339 e. The maximum absolute atomic E-state index is 13.1. The standard InChI is InChI=1S/C17H13FO2/c1-10-3-8-14-15(9-10)20-17(19)11(2)16(14)12-4-6-13(18)7-5-12/h3-9H,1-2H3. The lowest BCUT2D eigenvalue weighted by molar-refractivity contribution is 0.555. The zero-order chi connectivity index (χ0) is 14.3. The van der Waals surface area contributed by atoms with Gasteiger partial charge in [-0.2, -0.15) is 0 Å². The molecule has 0 fully saturated rings. The zero-order valence-corrected chi connectivity index (χ0v) is 11.2. The van der Waals surface area contributed by atoms with Gasteiger partial charge in [0.25, 0.3) is 0 Å². The summed E-state index contributed by atoms with van der Waals surface area (Å²) in [6.07, 6.45) is 0. The number of hydrogen-bond acceptors (Lipinski definition) is 2. The molecule has 3 rings (SSSR count). The van der Waals surface area contributed by atoms with Crippen LogP contribution in [0.4, 0.5) is 4.39 Å². The molecule has 0 saturated carbocycles. The Balaban J connectivity index is 2.41. The summed E-state index contributed by atoms with van der Waals surface area (Å²) in [7, 11) is 0. The van der Waals surface area contributed by atoms with Crippen LogP contribution in [0.3, 0.4) is 0 Å². The number of fused-ring (bicyclic) bond motifs is 1. The second kappa shape index (κ2) is 4.60. The van der Waals surface area contributed by atoms with E-state index in [0.717, 1.165) is 22.1 Å². The highest BCUT2D eigenvalue weighted by Crippen LogP contribution is 2.30. The van der Waals surface area contributed by atoms with Crippen molar-refractivity contribution in [3.05, 3.63) is 69.8 Å². The fourth-order valence-electron chi connectivity index (χ4n) is 2.39. The number of rotatable bonds is 1. The van der Waals surface area contributed by atoms with Gasteiger partial charge in [0, 0.05) is 16.5 Å². The number of benzene rings is 2. The molecule has 2 aromatic carbocycles. The fraction of sp³-hybridized carbons (Fsp3) is 0.118. The highest BCUT2D eigenvalue weighted by molar-refractivity contribution is 5.95. The van der Waals surface area contributed by atoms with Crippen LogP contribution in [0.5, 0.6) is 0 Å². The largest absolute Gasteiger partial charge is 0.422 e. The van der Waals surface area contributed by atoms with Gasteiger partial charge in [-0.25, -0.2) is 9.18 Å². The van der Waals surface area contributed by atoms with Crippen LogP contribution < -0.4 is 5.63 Å². The van der Waals surface area contributed by atoms with E-state index in [4.69, 9.17) is 4.42 Å². The second-order valence-corrected chi connectivity index (χ2v) is 4.90. The summed E-state index contributed by atoms with van der Waals surface area (Å²) in [6.45, 7) is 3.67. The lowest BCUT2D eigenvalue weighted by Gasteiger charge is -2.09. The van der Waals surface area contributed by atoms with E-state index in [9.17, 15) is 9.18 Å². The molecule has 0 aliphatic heterocycles. The first-order valence-electron chi connectivity index (χ1n) is 6.36. The zero-order valence-electron chi connectivity index (χ0n) is 11.2. The Kier molecular flexibility index (Phi) is 2.90. The van der Waals surface area contributed by atoms with E-state index < -0.39 is 0 Å². The van der Waals surface area contributed by atoms with E-state index in [1.165, 1.54) is 12.1 Å². The van der Waals surface area contributed by atoms with E-state index >= 15 is 0 Å². The molecule has 0 bridgehead atoms. The molecule has 0 atom stereocenters. The van der Waals surface area contributed by atoms with Gasteiger partial charge in [-0.05, 0) is 43.2 Å². The molecule has 0 aliphatic carbocycles. The molecular weight excluding hydrogens is 255 g/mol. The molecule has 0 unspecified atom stereocenters. The molecule has 0 amide bonds. The van der Waals surface area contributed by atoms with E-state index in [0.29, 0.717) is 11.1 Å². The first-order valence-corrected chi connectivity index (χ1v) is 6.36. The summed E-state index contributed by atoms with van der Waals surface area (Å²) >= 11 is 0. The van der Waals surface area contributed by atoms with Crippen LogP contribution in [-0.2, 0) is 0 Å². The molecule has 20 heavy (non-hydrogen) atoms. The minimum absolute atomic E-state index is 0.297. The molecule has 0 radical (unpaired) electrons. The fourth-order valence-corrected chi connectivity index (χ4v) is 2.39. The second-order valence-electron chi connectivity index (χ2n) is 4.90. The van der Waals surface area contributed by atoms with Crippen LogP contribution in [0.2, 0.25) is 0 Å². The van der Waals surface area contributed by atoms with Crippen molar-refractivity contribution in [2.75, 3.05) is 0 Å². The maximum atomic E-state index is 13.1. The summed E-state index contributed by atoms with van der Waals surface area (Å²) in [5, 5.41) is 0.860. The molecular formula is C17H13FO2. The molecule has 1 heterocycles.